The van der Waals surface area contributed by atoms with Gasteiger partial charge in [0.1, 0.15) is 6.61 Å². The molecule has 1 unspecified atom stereocenters. The number of sulfonamides is 1. The van der Waals surface area contributed by atoms with Gasteiger partial charge in [0.25, 0.3) is 0 Å². The summed E-state index contributed by atoms with van der Waals surface area (Å²) in [6.07, 6.45) is 0.855. The van der Waals surface area contributed by atoms with E-state index >= 15 is 0 Å². The van der Waals surface area contributed by atoms with E-state index in [1.807, 2.05) is 30.3 Å². The van der Waals surface area contributed by atoms with Crippen molar-refractivity contribution >= 4 is 21.8 Å². The summed E-state index contributed by atoms with van der Waals surface area (Å²) in [4.78, 5) is 26.2. The minimum atomic E-state index is -3.62. The highest BCUT2D eigenvalue weighted by atomic mass is 32.2. The van der Waals surface area contributed by atoms with E-state index in [1.54, 1.807) is 18.7 Å². The topological polar surface area (TPSA) is 92.8 Å². The van der Waals surface area contributed by atoms with Crippen molar-refractivity contribution in [2.75, 3.05) is 25.4 Å². The van der Waals surface area contributed by atoms with Crippen molar-refractivity contribution in [3.8, 4) is 0 Å². The average Bonchev–Trinajstić information content (AvgIpc) is 2.99. The van der Waals surface area contributed by atoms with Gasteiger partial charge in [-0.1, -0.05) is 37.3 Å². The van der Waals surface area contributed by atoms with E-state index < -0.39 is 21.3 Å². The van der Waals surface area contributed by atoms with E-state index in [9.17, 15) is 18.0 Å². The summed E-state index contributed by atoms with van der Waals surface area (Å²) in [6.45, 7) is 4.28. The molecule has 26 heavy (non-hydrogen) atoms. The third kappa shape index (κ3) is 5.54. The molecule has 2 amide bonds. The summed E-state index contributed by atoms with van der Waals surface area (Å²) >= 11 is 0. The zero-order chi connectivity index (χ0) is 19.2. The first-order valence-corrected chi connectivity index (χ1v) is 10.4. The van der Waals surface area contributed by atoms with Crippen molar-refractivity contribution in [2.45, 2.75) is 33.3 Å². The lowest BCUT2D eigenvalue weighted by Crippen LogP contribution is -2.45. The number of nitrogens with one attached hydrogen (secondary N) is 1. The lowest BCUT2D eigenvalue weighted by molar-refractivity contribution is -0.136. The standard InChI is InChI=1S/C18H26N2O5S/c1-3-11-26(23,24)19-17(22)18(2)9-10-20(14-18)16(21)13-25-12-15-7-5-4-6-8-15/h4-8H,3,9-14H2,1-2H3,(H,19,22). The maximum atomic E-state index is 12.4. The van der Waals surface area contributed by atoms with E-state index in [0.717, 1.165) is 5.56 Å². The fourth-order valence-corrected chi connectivity index (χ4v) is 4.03. The molecule has 1 aromatic rings. The maximum absolute atomic E-state index is 12.4. The third-order valence-electron chi connectivity index (χ3n) is 4.43. The Balaban J connectivity index is 1.84. The molecule has 8 heteroatoms. The van der Waals surface area contributed by atoms with Gasteiger partial charge in [0, 0.05) is 13.1 Å². The van der Waals surface area contributed by atoms with Crippen molar-refractivity contribution in [1.29, 1.82) is 0 Å². The van der Waals surface area contributed by atoms with Crippen molar-refractivity contribution in [1.82, 2.24) is 9.62 Å². The highest BCUT2D eigenvalue weighted by molar-refractivity contribution is 7.90. The molecule has 1 aliphatic rings. The van der Waals surface area contributed by atoms with Crippen molar-refractivity contribution < 1.29 is 22.7 Å². The zero-order valence-electron chi connectivity index (χ0n) is 15.2. The lowest BCUT2D eigenvalue weighted by Gasteiger charge is -2.23. The quantitative estimate of drug-likeness (QED) is 0.731. The van der Waals surface area contributed by atoms with Crippen LogP contribution in [0.4, 0.5) is 0 Å². The summed E-state index contributed by atoms with van der Waals surface area (Å²) < 4.78 is 31.2. The molecule has 0 bridgehead atoms. The Morgan fingerprint density at radius 3 is 2.62 bits per heavy atom. The Morgan fingerprint density at radius 1 is 1.27 bits per heavy atom. The minimum absolute atomic E-state index is 0.0687. The van der Waals surface area contributed by atoms with Crippen LogP contribution < -0.4 is 4.72 Å². The molecule has 0 aromatic heterocycles. The molecule has 1 aromatic carbocycles. The minimum Gasteiger partial charge on any atom is -0.367 e. The van der Waals surface area contributed by atoms with Gasteiger partial charge in [-0.2, -0.15) is 0 Å². The summed E-state index contributed by atoms with van der Waals surface area (Å²) in [5.41, 5.74) is 0.0719. The Kier molecular flexibility index (Phi) is 6.77. The SMILES string of the molecule is CCCS(=O)(=O)NC(=O)C1(C)CCN(C(=O)COCc2ccccc2)C1. The largest absolute Gasteiger partial charge is 0.367 e. The first-order valence-electron chi connectivity index (χ1n) is 8.70. The van der Waals surface area contributed by atoms with E-state index in [4.69, 9.17) is 4.74 Å². The summed E-state index contributed by atoms with van der Waals surface area (Å²) in [6, 6.07) is 9.54. The van der Waals surface area contributed by atoms with Crippen molar-refractivity contribution in [2.24, 2.45) is 5.41 Å². The first-order chi connectivity index (χ1) is 12.3. The van der Waals surface area contributed by atoms with Gasteiger partial charge in [-0.3, -0.25) is 14.3 Å². The van der Waals surface area contributed by atoms with Crippen LogP contribution >= 0.6 is 0 Å². The molecular weight excluding hydrogens is 356 g/mol. The fraction of sp³-hybridized carbons (Fsp3) is 0.556. The zero-order valence-corrected chi connectivity index (χ0v) is 16.0. The number of ether oxygens (including phenoxy) is 1. The molecule has 1 atom stereocenters. The van der Waals surface area contributed by atoms with Gasteiger partial charge in [-0.25, -0.2) is 8.42 Å². The summed E-state index contributed by atoms with van der Waals surface area (Å²) in [7, 11) is -3.62. The monoisotopic (exact) mass is 382 g/mol. The van der Waals surface area contributed by atoms with Gasteiger partial charge in [0.2, 0.25) is 21.8 Å². The van der Waals surface area contributed by atoms with Gasteiger partial charge in [0.15, 0.2) is 0 Å². The number of likely N-dealkylation sites (tertiary alicyclic amines) is 1. The number of carbonyl (C=O) groups is 2. The van der Waals surface area contributed by atoms with Gasteiger partial charge in [-0.05, 0) is 25.3 Å². The van der Waals surface area contributed by atoms with Crippen LogP contribution in [0.15, 0.2) is 30.3 Å². The van der Waals surface area contributed by atoms with Crippen molar-refractivity contribution in [3.63, 3.8) is 0 Å². The van der Waals surface area contributed by atoms with Crippen LogP contribution in [-0.2, 0) is 31.0 Å². The molecule has 0 saturated carbocycles. The average molecular weight is 382 g/mol. The molecule has 0 radical (unpaired) electrons. The highest BCUT2D eigenvalue weighted by Crippen LogP contribution is 2.30. The Bertz CT molecular complexity index is 735. The Labute approximate surface area is 154 Å². The molecule has 0 aliphatic carbocycles. The summed E-state index contributed by atoms with van der Waals surface area (Å²) in [5, 5.41) is 0. The number of nitrogens with zero attached hydrogens (tertiary/aromatic N) is 1. The van der Waals surface area contributed by atoms with Gasteiger partial charge in [0.05, 0.1) is 17.8 Å². The normalized spacial score (nSPS) is 20.2. The molecule has 144 valence electrons. The number of rotatable bonds is 8. The molecule has 2 rings (SSSR count). The van der Waals surface area contributed by atoms with Crippen LogP contribution in [0, 0.1) is 5.41 Å². The number of carbonyl (C=O) groups excluding carboxylic acids is 2. The molecule has 1 fully saturated rings. The molecule has 1 N–H and O–H groups in total. The van der Waals surface area contributed by atoms with Crippen LogP contribution in [0.3, 0.4) is 0 Å². The highest BCUT2D eigenvalue weighted by Gasteiger charge is 2.43. The number of benzene rings is 1. The van der Waals surface area contributed by atoms with Gasteiger partial charge in [-0.15, -0.1) is 0 Å². The van der Waals surface area contributed by atoms with Gasteiger partial charge < -0.3 is 9.64 Å². The van der Waals surface area contributed by atoms with E-state index in [-0.39, 0.29) is 24.8 Å². The third-order valence-corrected chi connectivity index (χ3v) is 5.87. The summed E-state index contributed by atoms with van der Waals surface area (Å²) in [5.74, 6) is -0.842. The van der Waals surface area contributed by atoms with Crippen LogP contribution in [0.1, 0.15) is 32.3 Å². The number of amides is 2. The van der Waals surface area contributed by atoms with Crippen LogP contribution in [0.5, 0.6) is 0 Å². The second-order valence-corrected chi connectivity index (χ2v) is 8.70. The number of hydrogen-bond donors (Lipinski definition) is 1. The van der Waals surface area contributed by atoms with E-state index in [2.05, 4.69) is 4.72 Å². The second-order valence-electron chi connectivity index (χ2n) is 6.85. The fourth-order valence-electron chi connectivity index (χ4n) is 2.87. The molecular formula is C18H26N2O5S. The molecule has 1 saturated heterocycles. The Morgan fingerprint density at radius 2 is 1.96 bits per heavy atom. The smallest absolute Gasteiger partial charge is 0.248 e. The van der Waals surface area contributed by atoms with Crippen LogP contribution in [0.25, 0.3) is 0 Å². The predicted molar refractivity (Wildman–Crippen MR) is 97.6 cm³/mol. The lowest BCUT2D eigenvalue weighted by atomic mass is 9.89. The Hall–Kier alpha value is -1.93. The van der Waals surface area contributed by atoms with Crippen LogP contribution in [-0.4, -0.2) is 50.6 Å². The molecule has 1 heterocycles. The van der Waals surface area contributed by atoms with Gasteiger partial charge >= 0.3 is 0 Å². The molecule has 7 nitrogen and oxygen atoms in total. The first kappa shape index (κ1) is 20.4. The van der Waals surface area contributed by atoms with E-state index in [1.165, 1.54) is 0 Å². The van der Waals surface area contributed by atoms with Crippen LogP contribution in [0.2, 0.25) is 0 Å². The molecule has 1 aliphatic heterocycles. The second kappa shape index (κ2) is 8.64. The van der Waals surface area contributed by atoms with E-state index in [0.29, 0.717) is 26.0 Å². The number of hydrogen-bond acceptors (Lipinski definition) is 5. The maximum Gasteiger partial charge on any atom is 0.248 e. The molecule has 0 spiro atoms. The van der Waals surface area contributed by atoms with Crippen molar-refractivity contribution in [3.05, 3.63) is 35.9 Å². The predicted octanol–water partition coefficient (Wildman–Crippen LogP) is 1.30.